The fourth-order valence-electron chi connectivity index (χ4n) is 9.28. The zero-order chi connectivity index (χ0) is 47.2. The molecule has 0 heterocycles. The molecular weight excluding hydrogens is 803 g/mol. The van der Waals surface area contributed by atoms with E-state index in [9.17, 15) is 19.8 Å². The third-order valence-corrected chi connectivity index (χ3v) is 13.8. The number of carbonyl (C=O) groups is 2. The maximum absolute atomic E-state index is 12.4. The van der Waals surface area contributed by atoms with Gasteiger partial charge in [0.25, 0.3) is 0 Å². The van der Waals surface area contributed by atoms with Gasteiger partial charge in [-0.1, -0.05) is 296 Å². The lowest BCUT2D eigenvalue weighted by Crippen LogP contribution is -2.45. The average Bonchev–Trinajstić information content (AvgIpc) is 3.31. The van der Waals surface area contributed by atoms with Crippen LogP contribution in [0.5, 0.6) is 0 Å². The van der Waals surface area contributed by atoms with E-state index in [1.807, 2.05) is 6.08 Å². The third-order valence-electron chi connectivity index (χ3n) is 13.8. The van der Waals surface area contributed by atoms with Crippen LogP contribution in [0.15, 0.2) is 12.2 Å². The maximum Gasteiger partial charge on any atom is 0.305 e. The van der Waals surface area contributed by atoms with Crippen molar-refractivity contribution in [3.63, 3.8) is 0 Å². The first-order valence-corrected chi connectivity index (χ1v) is 29.5. The standard InChI is InChI=1S/C59H115NO5/c1-3-5-7-9-11-13-15-16-17-27-30-33-37-41-45-49-53-59(64)65-54-50-46-42-38-34-31-28-25-23-21-19-18-20-22-24-26-29-32-36-40-44-48-52-58(63)60-56(55-61)57(62)51-47-43-39-35-14-12-10-8-6-4-2/h47,51,56-57,61-62H,3-46,48-50,52-55H2,1-2H3,(H,60,63)/b51-47+. The van der Waals surface area contributed by atoms with E-state index in [-0.39, 0.29) is 18.5 Å². The first-order valence-electron chi connectivity index (χ1n) is 29.5. The number of esters is 1. The summed E-state index contributed by atoms with van der Waals surface area (Å²) >= 11 is 0. The van der Waals surface area contributed by atoms with Crippen molar-refractivity contribution in [3.05, 3.63) is 12.2 Å². The number of nitrogens with one attached hydrogen (secondary N) is 1. The van der Waals surface area contributed by atoms with Crippen LogP contribution in [0.25, 0.3) is 0 Å². The average molecular weight is 919 g/mol. The van der Waals surface area contributed by atoms with E-state index in [0.29, 0.717) is 19.4 Å². The highest BCUT2D eigenvalue weighted by Crippen LogP contribution is 2.18. The van der Waals surface area contributed by atoms with Crippen molar-refractivity contribution in [2.75, 3.05) is 13.2 Å². The summed E-state index contributed by atoms with van der Waals surface area (Å²) in [5, 5.41) is 23.0. The largest absolute Gasteiger partial charge is 0.466 e. The Bertz CT molecular complexity index is 970. The van der Waals surface area contributed by atoms with Gasteiger partial charge in [-0.25, -0.2) is 0 Å². The summed E-state index contributed by atoms with van der Waals surface area (Å²) in [4.78, 5) is 24.5. The Kier molecular flexibility index (Phi) is 54.0. The molecule has 0 spiro atoms. The van der Waals surface area contributed by atoms with Crippen LogP contribution in [0.4, 0.5) is 0 Å². The highest BCUT2D eigenvalue weighted by Gasteiger charge is 2.18. The van der Waals surface area contributed by atoms with Crippen molar-refractivity contribution in [2.45, 2.75) is 341 Å². The molecule has 0 aliphatic carbocycles. The number of aliphatic hydroxyl groups is 2. The molecule has 0 radical (unpaired) electrons. The predicted octanol–water partition coefficient (Wildman–Crippen LogP) is 18.1. The van der Waals surface area contributed by atoms with E-state index in [4.69, 9.17) is 4.74 Å². The lowest BCUT2D eigenvalue weighted by Gasteiger charge is -2.20. The first-order chi connectivity index (χ1) is 32.0. The summed E-state index contributed by atoms with van der Waals surface area (Å²) in [6.07, 6.45) is 65.3. The van der Waals surface area contributed by atoms with Gasteiger partial charge >= 0.3 is 5.97 Å². The molecule has 0 aromatic carbocycles. The number of amides is 1. The van der Waals surface area contributed by atoms with E-state index in [0.717, 1.165) is 38.5 Å². The zero-order valence-electron chi connectivity index (χ0n) is 44.0. The molecule has 0 fully saturated rings. The Hall–Kier alpha value is -1.40. The van der Waals surface area contributed by atoms with Gasteiger partial charge in [-0.3, -0.25) is 9.59 Å². The molecule has 386 valence electrons. The van der Waals surface area contributed by atoms with Crippen LogP contribution >= 0.6 is 0 Å². The highest BCUT2D eigenvalue weighted by molar-refractivity contribution is 5.76. The van der Waals surface area contributed by atoms with Crippen LogP contribution in [0.3, 0.4) is 0 Å². The molecule has 0 aliphatic heterocycles. The number of ether oxygens (including phenoxy) is 1. The molecule has 1 amide bonds. The monoisotopic (exact) mass is 918 g/mol. The van der Waals surface area contributed by atoms with E-state index in [1.54, 1.807) is 6.08 Å². The number of carbonyl (C=O) groups excluding carboxylic acids is 2. The summed E-state index contributed by atoms with van der Waals surface area (Å²) in [7, 11) is 0. The molecule has 6 nitrogen and oxygen atoms in total. The zero-order valence-corrected chi connectivity index (χ0v) is 44.0. The molecule has 0 bridgehead atoms. The van der Waals surface area contributed by atoms with Gasteiger partial charge in [-0.2, -0.15) is 0 Å². The fraction of sp³-hybridized carbons (Fsp3) is 0.932. The Morgan fingerprint density at radius 3 is 1.05 bits per heavy atom. The minimum atomic E-state index is -0.841. The molecule has 3 N–H and O–H groups in total. The number of aliphatic hydroxyl groups excluding tert-OH is 2. The maximum atomic E-state index is 12.4. The van der Waals surface area contributed by atoms with Crippen molar-refractivity contribution < 1.29 is 24.5 Å². The summed E-state index contributed by atoms with van der Waals surface area (Å²) in [6.45, 7) is 4.90. The quantitative estimate of drug-likeness (QED) is 0.0321. The minimum Gasteiger partial charge on any atom is -0.466 e. The Balaban J connectivity index is 3.35. The Labute approximate surface area is 406 Å². The SMILES string of the molecule is CCCCCCCCCC/C=C/C(O)C(CO)NC(=O)CCCCCCCCCCCCCCCCCCCCCCCCOC(=O)CCCCCCCCCCCCCCCCCC. The van der Waals surface area contributed by atoms with Crippen molar-refractivity contribution in [1.29, 1.82) is 0 Å². The Morgan fingerprint density at radius 1 is 0.415 bits per heavy atom. The van der Waals surface area contributed by atoms with Crippen molar-refractivity contribution in [2.24, 2.45) is 0 Å². The van der Waals surface area contributed by atoms with Crippen molar-refractivity contribution >= 4 is 11.9 Å². The molecule has 0 saturated carbocycles. The number of hydrogen-bond donors (Lipinski definition) is 3. The fourth-order valence-corrected chi connectivity index (χ4v) is 9.28. The van der Waals surface area contributed by atoms with E-state index in [1.165, 1.54) is 263 Å². The van der Waals surface area contributed by atoms with Gasteiger partial charge in [0.05, 0.1) is 25.4 Å². The van der Waals surface area contributed by atoms with E-state index in [2.05, 4.69) is 19.2 Å². The van der Waals surface area contributed by atoms with Gasteiger partial charge in [0, 0.05) is 12.8 Å². The summed E-state index contributed by atoms with van der Waals surface area (Å²) < 4.78 is 5.49. The van der Waals surface area contributed by atoms with Crippen molar-refractivity contribution in [1.82, 2.24) is 5.32 Å². The topological polar surface area (TPSA) is 95.9 Å². The van der Waals surface area contributed by atoms with Crippen molar-refractivity contribution in [3.8, 4) is 0 Å². The second-order valence-electron chi connectivity index (χ2n) is 20.3. The molecule has 2 unspecified atom stereocenters. The smallest absolute Gasteiger partial charge is 0.305 e. The first kappa shape index (κ1) is 63.6. The second kappa shape index (κ2) is 55.2. The number of hydrogen-bond acceptors (Lipinski definition) is 5. The summed E-state index contributed by atoms with van der Waals surface area (Å²) in [5.74, 6) is -0.0524. The highest BCUT2D eigenvalue weighted by atomic mass is 16.5. The Morgan fingerprint density at radius 2 is 0.708 bits per heavy atom. The second-order valence-corrected chi connectivity index (χ2v) is 20.3. The number of allylic oxidation sites excluding steroid dienone is 1. The lowest BCUT2D eigenvalue weighted by atomic mass is 10.0. The van der Waals surface area contributed by atoms with Crippen LogP contribution in [-0.4, -0.2) is 47.4 Å². The van der Waals surface area contributed by atoms with Gasteiger partial charge < -0.3 is 20.3 Å². The molecule has 6 heteroatoms. The summed E-state index contributed by atoms with van der Waals surface area (Å²) in [5.41, 5.74) is 0. The predicted molar refractivity (Wildman–Crippen MR) is 283 cm³/mol. The van der Waals surface area contributed by atoms with Gasteiger partial charge in [0.1, 0.15) is 0 Å². The minimum absolute atomic E-state index is 0.0164. The van der Waals surface area contributed by atoms with Gasteiger partial charge in [-0.15, -0.1) is 0 Å². The molecule has 0 saturated heterocycles. The third kappa shape index (κ3) is 51.8. The summed E-state index contributed by atoms with van der Waals surface area (Å²) in [6, 6.07) is -0.625. The number of unbranched alkanes of at least 4 members (excludes halogenated alkanes) is 44. The van der Waals surface area contributed by atoms with Crippen LogP contribution in [0.2, 0.25) is 0 Å². The van der Waals surface area contributed by atoms with Gasteiger partial charge in [0.2, 0.25) is 5.91 Å². The molecule has 0 aromatic heterocycles. The number of rotatable bonds is 55. The van der Waals surface area contributed by atoms with Crippen LogP contribution in [0, 0.1) is 0 Å². The molecule has 0 aliphatic rings. The molecule has 2 atom stereocenters. The normalized spacial score (nSPS) is 12.6. The molecular formula is C59H115NO5. The van der Waals surface area contributed by atoms with E-state index < -0.39 is 12.1 Å². The van der Waals surface area contributed by atoms with Gasteiger partial charge in [0.15, 0.2) is 0 Å². The van der Waals surface area contributed by atoms with Gasteiger partial charge in [-0.05, 0) is 32.1 Å². The van der Waals surface area contributed by atoms with E-state index >= 15 is 0 Å². The van der Waals surface area contributed by atoms with Crippen LogP contribution in [0.1, 0.15) is 328 Å². The lowest BCUT2D eigenvalue weighted by molar-refractivity contribution is -0.143. The molecule has 0 aromatic rings. The molecule has 65 heavy (non-hydrogen) atoms. The molecule has 0 rings (SSSR count). The van der Waals surface area contributed by atoms with Crippen LogP contribution in [-0.2, 0) is 14.3 Å². The van der Waals surface area contributed by atoms with Crippen LogP contribution < -0.4 is 5.32 Å².